The van der Waals surface area contributed by atoms with Crippen LogP contribution in [0.1, 0.15) is 35.1 Å². The molecule has 1 aliphatic rings. The van der Waals surface area contributed by atoms with E-state index in [-0.39, 0.29) is 36.8 Å². The van der Waals surface area contributed by atoms with Gasteiger partial charge in [-0.3, -0.25) is 14.9 Å². The lowest BCUT2D eigenvalue weighted by molar-refractivity contribution is -0.119. The number of aryl methyl sites for hydroxylation is 1. The minimum Gasteiger partial charge on any atom is -0.455 e. The van der Waals surface area contributed by atoms with Crippen molar-refractivity contribution in [2.75, 3.05) is 6.61 Å². The third kappa shape index (κ3) is 3.53. The highest BCUT2D eigenvalue weighted by Gasteiger charge is 2.19. The van der Waals surface area contributed by atoms with E-state index in [2.05, 4.69) is 52.7 Å². The Hall–Kier alpha value is -3.41. The van der Waals surface area contributed by atoms with Crippen LogP contribution < -0.4 is 5.32 Å². The number of aromatic nitrogens is 1. The average Bonchev–Trinajstić information content (AvgIpc) is 3.29. The molecule has 2 amide bonds. The topological polar surface area (TPSA) is 83.5 Å². The fourth-order valence-corrected chi connectivity index (χ4v) is 3.52. The SMILES string of the molecule is Cc1cc([C@@H](C)c2c[nH]c3ccccc23)ccc1CC(=O)N=C1NC(=O)CO1. The van der Waals surface area contributed by atoms with E-state index in [0.717, 1.165) is 16.6 Å². The summed E-state index contributed by atoms with van der Waals surface area (Å²) >= 11 is 0. The smallest absolute Gasteiger partial charge is 0.299 e. The molecule has 0 radical (unpaired) electrons. The number of hydrogen-bond donors (Lipinski definition) is 2. The van der Waals surface area contributed by atoms with Crippen molar-refractivity contribution in [3.63, 3.8) is 0 Å². The van der Waals surface area contributed by atoms with Crippen molar-refractivity contribution >= 4 is 28.7 Å². The van der Waals surface area contributed by atoms with E-state index in [0.29, 0.717) is 0 Å². The maximum absolute atomic E-state index is 12.2. The molecule has 6 nitrogen and oxygen atoms in total. The largest absolute Gasteiger partial charge is 0.455 e. The van der Waals surface area contributed by atoms with Gasteiger partial charge in [0.15, 0.2) is 6.61 Å². The van der Waals surface area contributed by atoms with E-state index < -0.39 is 0 Å². The number of rotatable bonds is 4. The first-order chi connectivity index (χ1) is 13.5. The van der Waals surface area contributed by atoms with Crippen LogP contribution in [-0.4, -0.2) is 29.4 Å². The van der Waals surface area contributed by atoms with Gasteiger partial charge in [0.1, 0.15) is 0 Å². The molecule has 0 bridgehead atoms. The van der Waals surface area contributed by atoms with Crippen molar-refractivity contribution in [1.29, 1.82) is 0 Å². The van der Waals surface area contributed by atoms with Gasteiger partial charge in [-0.15, -0.1) is 0 Å². The van der Waals surface area contributed by atoms with Gasteiger partial charge < -0.3 is 9.72 Å². The van der Waals surface area contributed by atoms with Crippen LogP contribution in [-0.2, 0) is 20.7 Å². The van der Waals surface area contributed by atoms with Crippen molar-refractivity contribution in [1.82, 2.24) is 10.3 Å². The first-order valence-electron chi connectivity index (χ1n) is 9.21. The van der Waals surface area contributed by atoms with Crippen molar-refractivity contribution in [3.8, 4) is 0 Å². The number of carbonyl (C=O) groups is 2. The average molecular weight is 375 g/mol. The molecule has 2 heterocycles. The van der Waals surface area contributed by atoms with Gasteiger partial charge in [0, 0.05) is 23.0 Å². The minimum absolute atomic E-state index is 0.0165. The zero-order chi connectivity index (χ0) is 19.7. The molecular formula is C22H21N3O3. The first kappa shape index (κ1) is 18.0. The van der Waals surface area contributed by atoms with Gasteiger partial charge in [-0.05, 0) is 35.2 Å². The molecular weight excluding hydrogens is 354 g/mol. The molecule has 1 atom stereocenters. The third-order valence-corrected chi connectivity index (χ3v) is 5.11. The molecule has 6 heteroatoms. The quantitative estimate of drug-likeness (QED) is 0.734. The van der Waals surface area contributed by atoms with Crippen LogP contribution in [0, 0.1) is 6.92 Å². The van der Waals surface area contributed by atoms with Gasteiger partial charge in [0.05, 0.1) is 6.42 Å². The van der Waals surface area contributed by atoms with Gasteiger partial charge >= 0.3 is 0 Å². The Morgan fingerprint density at radius 3 is 2.82 bits per heavy atom. The molecule has 0 spiro atoms. The molecule has 0 unspecified atom stereocenters. The highest BCUT2D eigenvalue weighted by Crippen LogP contribution is 2.31. The summed E-state index contributed by atoms with van der Waals surface area (Å²) in [5, 5.41) is 3.63. The Bertz CT molecular complexity index is 1100. The molecule has 1 aliphatic heterocycles. The molecule has 2 aromatic carbocycles. The van der Waals surface area contributed by atoms with E-state index >= 15 is 0 Å². The highest BCUT2D eigenvalue weighted by molar-refractivity contribution is 6.04. The van der Waals surface area contributed by atoms with E-state index in [9.17, 15) is 9.59 Å². The molecule has 1 saturated heterocycles. The van der Waals surface area contributed by atoms with Crippen LogP contribution in [0.15, 0.2) is 53.7 Å². The van der Waals surface area contributed by atoms with Gasteiger partial charge in [-0.2, -0.15) is 4.99 Å². The van der Waals surface area contributed by atoms with Crippen LogP contribution in [0.4, 0.5) is 0 Å². The Morgan fingerprint density at radius 2 is 2.07 bits per heavy atom. The zero-order valence-corrected chi connectivity index (χ0v) is 15.8. The highest BCUT2D eigenvalue weighted by atomic mass is 16.5. The van der Waals surface area contributed by atoms with Crippen LogP contribution in [0.5, 0.6) is 0 Å². The monoisotopic (exact) mass is 375 g/mol. The molecule has 142 valence electrons. The number of fused-ring (bicyclic) bond motifs is 1. The Balaban J connectivity index is 1.53. The normalized spacial score (nSPS) is 16.2. The number of ether oxygens (including phenoxy) is 1. The summed E-state index contributed by atoms with van der Waals surface area (Å²) in [6.07, 6.45) is 2.23. The van der Waals surface area contributed by atoms with Gasteiger partial charge in [-0.25, -0.2) is 0 Å². The first-order valence-corrected chi connectivity index (χ1v) is 9.21. The molecule has 0 aliphatic carbocycles. The van der Waals surface area contributed by atoms with E-state index in [4.69, 9.17) is 4.74 Å². The second-order valence-electron chi connectivity index (χ2n) is 7.02. The van der Waals surface area contributed by atoms with Crippen molar-refractivity contribution in [3.05, 3.63) is 70.9 Å². The zero-order valence-electron chi connectivity index (χ0n) is 15.8. The second kappa shape index (κ2) is 7.31. The second-order valence-corrected chi connectivity index (χ2v) is 7.02. The number of nitrogens with zero attached hydrogens (tertiary/aromatic N) is 1. The summed E-state index contributed by atoms with van der Waals surface area (Å²) in [7, 11) is 0. The third-order valence-electron chi connectivity index (χ3n) is 5.11. The van der Waals surface area contributed by atoms with Crippen LogP contribution in [0.2, 0.25) is 0 Å². The molecule has 1 fully saturated rings. The summed E-state index contributed by atoms with van der Waals surface area (Å²) in [5.74, 6) is -0.418. The molecule has 0 saturated carbocycles. The Kier molecular flexibility index (Phi) is 4.69. The molecule has 1 aromatic heterocycles. The van der Waals surface area contributed by atoms with Crippen LogP contribution in [0.25, 0.3) is 10.9 Å². The van der Waals surface area contributed by atoms with Gasteiger partial charge in [0.25, 0.3) is 17.8 Å². The summed E-state index contributed by atoms with van der Waals surface area (Å²) < 4.78 is 5.00. The van der Waals surface area contributed by atoms with Crippen LogP contribution in [0.3, 0.4) is 0 Å². The number of para-hydroxylation sites is 1. The Labute approximate surface area is 162 Å². The fourth-order valence-electron chi connectivity index (χ4n) is 3.52. The lowest BCUT2D eigenvalue weighted by atomic mass is 9.90. The van der Waals surface area contributed by atoms with Crippen molar-refractivity contribution in [2.24, 2.45) is 4.99 Å². The van der Waals surface area contributed by atoms with Gasteiger partial charge in [0.2, 0.25) is 0 Å². The summed E-state index contributed by atoms with van der Waals surface area (Å²) in [6.45, 7) is 4.09. The fraction of sp³-hybridized carbons (Fsp3) is 0.227. The van der Waals surface area contributed by atoms with E-state index in [1.807, 2.05) is 25.1 Å². The number of H-pyrrole nitrogens is 1. The summed E-state index contributed by atoms with van der Waals surface area (Å²) in [6, 6.07) is 14.4. The maximum Gasteiger partial charge on any atom is 0.299 e. The number of aromatic amines is 1. The van der Waals surface area contributed by atoms with Crippen LogP contribution >= 0.6 is 0 Å². The number of aliphatic imine (C=N–C) groups is 1. The van der Waals surface area contributed by atoms with Crippen molar-refractivity contribution in [2.45, 2.75) is 26.2 Å². The van der Waals surface area contributed by atoms with Gasteiger partial charge in [-0.1, -0.05) is 43.3 Å². The number of amidine groups is 1. The number of carbonyl (C=O) groups excluding carboxylic acids is 2. The van der Waals surface area contributed by atoms with E-state index in [1.165, 1.54) is 16.5 Å². The number of nitrogens with one attached hydrogen (secondary N) is 2. The standard InChI is InChI=1S/C22H21N3O3/c1-13-9-16(14(2)18-11-23-19-6-4-3-5-17(18)19)8-7-15(13)10-20(26)24-22-25-21(27)12-28-22/h3-9,11,14,23H,10,12H2,1-2H3,(H,24,25,26,27)/t14-/m1/s1. The Morgan fingerprint density at radius 1 is 1.25 bits per heavy atom. The summed E-state index contributed by atoms with van der Waals surface area (Å²) in [4.78, 5) is 30.4. The number of benzene rings is 2. The molecule has 4 rings (SSSR count). The number of hydrogen-bond acceptors (Lipinski definition) is 3. The number of amides is 2. The lowest BCUT2D eigenvalue weighted by Crippen LogP contribution is -2.22. The molecule has 3 aromatic rings. The van der Waals surface area contributed by atoms with Crippen molar-refractivity contribution < 1.29 is 14.3 Å². The van der Waals surface area contributed by atoms with E-state index in [1.54, 1.807) is 0 Å². The molecule has 28 heavy (non-hydrogen) atoms. The molecule has 2 N–H and O–H groups in total. The minimum atomic E-state index is -0.349. The predicted molar refractivity (Wildman–Crippen MR) is 107 cm³/mol. The maximum atomic E-state index is 12.2. The predicted octanol–water partition coefficient (Wildman–Crippen LogP) is 3.20. The lowest BCUT2D eigenvalue weighted by Gasteiger charge is -2.14. The summed E-state index contributed by atoms with van der Waals surface area (Å²) in [5.41, 5.74) is 5.52.